The van der Waals surface area contributed by atoms with Gasteiger partial charge in [0.05, 0.1) is 25.4 Å². The van der Waals surface area contributed by atoms with Crippen molar-refractivity contribution in [1.29, 1.82) is 0 Å². The van der Waals surface area contributed by atoms with E-state index in [4.69, 9.17) is 25.1 Å². The highest BCUT2D eigenvalue weighted by molar-refractivity contribution is 7.99. The van der Waals surface area contributed by atoms with Crippen molar-refractivity contribution in [3.8, 4) is 0 Å². The number of nitrogens with one attached hydrogen (secondary N) is 2. The Morgan fingerprint density at radius 2 is 2.19 bits per heavy atom. The number of nitrogens with two attached hydrogens (primary N) is 1. The van der Waals surface area contributed by atoms with Gasteiger partial charge in [-0.05, 0) is 26.7 Å². The SMILES string of the molecule is CCCSc1nc(N[C@@H]2C[C@H](OCCO)[C@H]3OC(C)(C)O[C@H]32)c(N)c(=O)[nH]1. The van der Waals surface area contributed by atoms with E-state index in [0.717, 1.165) is 12.2 Å². The number of hydrogen-bond acceptors (Lipinski definition) is 9. The van der Waals surface area contributed by atoms with Crippen molar-refractivity contribution >= 4 is 23.3 Å². The van der Waals surface area contributed by atoms with Crippen LogP contribution in [0, 0.1) is 0 Å². The monoisotopic (exact) mass is 400 g/mol. The Kier molecular flexibility index (Phi) is 6.32. The molecule has 9 nitrogen and oxygen atoms in total. The minimum absolute atomic E-state index is 0.0466. The Morgan fingerprint density at radius 3 is 2.89 bits per heavy atom. The van der Waals surface area contributed by atoms with Gasteiger partial charge in [0.2, 0.25) is 0 Å². The topological polar surface area (TPSA) is 132 Å². The minimum Gasteiger partial charge on any atom is -0.394 e. The summed E-state index contributed by atoms with van der Waals surface area (Å²) >= 11 is 1.48. The van der Waals surface area contributed by atoms with E-state index < -0.39 is 5.79 Å². The number of ether oxygens (including phenoxy) is 3. The van der Waals surface area contributed by atoms with E-state index in [-0.39, 0.29) is 48.8 Å². The Morgan fingerprint density at radius 1 is 1.44 bits per heavy atom. The maximum Gasteiger partial charge on any atom is 0.276 e. The van der Waals surface area contributed by atoms with Crippen LogP contribution in [0.5, 0.6) is 0 Å². The molecule has 152 valence electrons. The number of thioether (sulfide) groups is 1. The van der Waals surface area contributed by atoms with Gasteiger partial charge in [0.1, 0.15) is 17.9 Å². The van der Waals surface area contributed by atoms with Crippen molar-refractivity contribution in [2.24, 2.45) is 0 Å². The first-order chi connectivity index (χ1) is 12.8. The second-order valence-electron chi connectivity index (χ2n) is 7.17. The molecule has 5 N–H and O–H groups in total. The summed E-state index contributed by atoms with van der Waals surface area (Å²) in [7, 11) is 0. The molecule has 0 spiro atoms. The van der Waals surface area contributed by atoms with Crippen LogP contribution in [0.2, 0.25) is 0 Å². The molecule has 1 aliphatic carbocycles. The van der Waals surface area contributed by atoms with Gasteiger partial charge in [-0.1, -0.05) is 18.7 Å². The lowest BCUT2D eigenvalue weighted by atomic mass is 10.2. The Balaban J connectivity index is 1.80. The van der Waals surface area contributed by atoms with Gasteiger partial charge >= 0.3 is 0 Å². The highest BCUT2D eigenvalue weighted by Gasteiger charge is 2.54. The average molecular weight is 401 g/mol. The van der Waals surface area contributed by atoms with Crippen LogP contribution in [0.1, 0.15) is 33.6 Å². The van der Waals surface area contributed by atoms with Crippen LogP contribution in [0.4, 0.5) is 11.5 Å². The summed E-state index contributed by atoms with van der Waals surface area (Å²) in [5.74, 6) is 0.464. The maximum atomic E-state index is 12.2. The predicted molar refractivity (Wildman–Crippen MR) is 103 cm³/mol. The first-order valence-corrected chi connectivity index (χ1v) is 10.2. The van der Waals surface area contributed by atoms with E-state index in [1.807, 2.05) is 13.8 Å². The fourth-order valence-corrected chi connectivity index (χ4v) is 4.18. The van der Waals surface area contributed by atoms with Crippen LogP contribution in [0.3, 0.4) is 0 Å². The molecule has 0 amide bonds. The number of aliphatic hydroxyl groups is 1. The highest BCUT2D eigenvalue weighted by atomic mass is 32.2. The third-order valence-corrected chi connectivity index (χ3v) is 5.61. The van der Waals surface area contributed by atoms with Gasteiger partial charge < -0.3 is 30.4 Å². The number of H-pyrrole nitrogens is 1. The van der Waals surface area contributed by atoms with Crippen molar-refractivity contribution in [1.82, 2.24) is 9.97 Å². The molecule has 1 saturated carbocycles. The molecule has 1 aliphatic heterocycles. The molecule has 2 fully saturated rings. The Hall–Kier alpha value is -1.33. The number of aromatic amines is 1. The van der Waals surface area contributed by atoms with Crippen LogP contribution in [0.15, 0.2) is 9.95 Å². The lowest BCUT2D eigenvalue weighted by Crippen LogP contribution is -2.35. The molecular weight excluding hydrogens is 372 g/mol. The number of aliphatic hydroxyl groups excluding tert-OH is 1. The fourth-order valence-electron chi connectivity index (χ4n) is 3.46. The summed E-state index contributed by atoms with van der Waals surface area (Å²) in [5.41, 5.74) is 5.63. The second-order valence-corrected chi connectivity index (χ2v) is 8.25. The molecule has 0 radical (unpaired) electrons. The first-order valence-electron chi connectivity index (χ1n) is 9.22. The Labute approximate surface area is 162 Å². The van der Waals surface area contributed by atoms with Gasteiger partial charge in [0.25, 0.3) is 5.56 Å². The molecule has 1 aromatic rings. The second kappa shape index (κ2) is 8.36. The molecule has 0 unspecified atom stereocenters. The summed E-state index contributed by atoms with van der Waals surface area (Å²) in [6.07, 6.45) is 0.810. The Bertz CT molecular complexity index is 713. The minimum atomic E-state index is -0.730. The molecule has 27 heavy (non-hydrogen) atoms. The lowest BCUT2D eigenvalue weighted by Gasteiger charge is -2.24. The van der Waals surface area contributed by atoms with Gasteiger partial charge in [-0.15, -0.1) is 0 Å². The van der Waals surface area contributed by atoms with Gasteiger partial charge in [-0.25, -0.2) is 4.98 Å². The summed E-state index contributed by atoms with van der Waals surface area (Å²) < 4.78 is 17.8. The molecule has 2 aliphatic rings. The van der Waals surface area contributed by atoms with Crippen molar-refractivity contribution in [2.75, 3.05) is 30.0 Å². The zero-order valence-corrected chi connectivity index (χ0v) is 16.7. The third-order valence-electron chi connectivity index (χ3n) is 4.53. The number of rotatable bonds is 8. The van der Waals surface area contributed by atoms with Crippen molar-refractivity contribution in [2.45, 2.75) is 68.9 Å². The van der Waals surface area contributed by atoms with E-state index in [1.54, 1.807) is 0 Å². The van der Waals surface area contributed by atoms with Gasteiger partial charge in [0, 0.05) is 5.75 Å². The number of anilines is 2. The molecule has 1 aromatic heterocycles. The van der Waals surface area contributed by atoms with Crippen molar-refractivity contribution in [3.05, 3.63) is 10.4 Å². The standard InChI is InChI=1S/C17H28N4O5S/c1-4-7-27-16-20-14(11(18)15(23)21-16)19-9-8-10(24-6-5-22)13-12(9)25-17(2,3)26-13/h9-10,12-13,22H,4-8,18H2,1-3H3,(H2,19,20,21,23)/t9-,10+,12+,13-/m1/s1. The summed E-state index contributed by atoms with van der Waals surface area (Å²) in [4.78, 5) is 19.3. The predicted octanol–water partition coefficient (Wildman–Crippen LogP) is 0.936. The van der Waals surface area contributed by atoms with Crippen molar-refractivity contribution in [3.63, 3.8) is 0 Å². The average Bonchev–Trinajstić information content (AvgIpc) is 3.09. The molecular formula is C17H28N4O5S. The highest BCUT2D eigenvalue weighted by Crippen LogP contribution is 2.41. The van der Waals surface area contributed by atoms with Crippen molar-refractivity contribution < 1.29 is 19.3 Å². The first kappa shape index (κ1) is 20.4. The van der Waals surface area contributed by atoms with Crippen LogP contribution in [-0.2, 0) is 14.2 Å². The maximum absolute atomic E-state index is 12.2. The van der Waals surface area contributed by atoms with E-state index in [2.05, 4.69) is 22.2 Å². The van der Waals surface area contributed by atoms with Gasteiger partial charge in [-0.2, -0.15) is 0 Å². The zero-order valence-electron chi connectivity index (χ0n) is 15.9. The van der Waals surface area contributed by atoms with E-state index in [1.165, 1.54) is 11.8 Å². The number of aromatic nitrogens is 2. The number of nitrogen functional groups attached to an aromatic ring is 1. The molecule has 2 heterocycles. The lowest BCUT2D eigenvalue weighted by molar-refractivity contribution is -0.167. The van der Waals surface area contributed by atoms with Crippen LogP contribution in [0.25, 0.3) is 0 Å². The number of nitrogens with zero attached hydrogens (tertiary/aromatic N) is 1. The normalized spacial score (nSPS) is 29.0. The van der Waals surface area contributed by atoms with Gasteiger partial charge in [-0.3, -0.25) is 9.78 Å². The molecule has 0 aromatic carbocycles. The van der Waals surface area contributed by atoms with E-state index in [0.29, 0.717) is 17.4 Å². The molecule has 10 heteroatoms. The smallest absolute Gasteiger partial charge is 0.276 e. The largest absolute Gasteiger partial charge is 0.394 e. The third kappa shape index (κ3) is 4.57. The summed E-state index contributed by atoms with van der Waals surface area (Å²) in [6.45, 7) is 5.94. The van der Waals surface area contributed by atoms with E-state index >= 15 is 0 Å². The molecule has 3 rings (SSSR count). The molecule has 1 saturated heterocycles. The number of fused-ring (bicyclic) bond motifs is 1. The van der Waals surface area contributed by atoms with E-state index in [9.17, 15) is 4.79 Å². The summed E-state index contributed by atoms with van der Waals surface area (Å²) in [5, 5.41) is 12.9. The van der Waals surface area contributed by atoms with Crippen LogP contribution < -0.4 is 16.6 Å². The molecule has 0 bridgehead atoms. The fraction of sp³-hybridized carbons (Fsp3) is 0.765. The zero-order chi connectivity index (χ0) is 19.6. The molecule has 4 atom stereocenters. The van der Waals surface area contributed by atoms with Gasteiger partial charge in [0.15, 0.2) is 16.8 Å². The quantitative estimate of drug-likeness (QED) is 0.372. The van der Waals surface area contributed by atoms with Crippen LogP contribution in [-0.4, -0.2) is 64.2 Å². The van der Waals surface area contributed by atoms with Crippen LogP contribution >= 0.6 is 11.8 Å². The number of hydrogen-bond donors (Lipinski definition) is 4. The summed E-state index contributed by atoms with van der Waals surface area (Å²) in [6, 6.07) is -0.180.